The number of benzene rings is 2. The van der Waals surface area contributed by atoms with Crippen LogP contribution in [-0.4, -0.2) is 50.3 Å². The third-order valence-corrected chi connectivity index (χ3v) is 8.42. The van der Waals surface area contributed by atoms with Gasteiger partial charge in [-0.05, 0) is 47.2 Å². The topological polar surface area (TPSA) is 66.9 Å². The molecule has 0 N–H and O–H groups in total. The molecule has 0 saturated carbocycles. The molecule has 0 atom stereocenters. The zero-order valence-electron chi connectivity index (χ0n) is 17.9. The Hall–Kier alpha value is -2.52. The molecule has 0 aliphatic carbocycles. The Labute approximate surface area is 193 Å². The van der Waals surface area contributed by atoms with E-state index in [2.05, 4.69) is 0 Å². The Morgan fingerprint density at radius 2 is 1.94 bits per heavy atom. The summed E-state index contributed by atoms with van der Waals surface area (Å²) in [6.45, 7) is 2.05. The van der Waals surface area contributed by atoms with Gasteiger partial charge in [0.05, 0.1) is 11.5 Å². The van der Waals surface area contributed by atoms with Gasteiger partial charge in [-0.1, -0.05) is 36.4 Å². The van der Waals surface area contributed by atoms with E-state index in [9.17, 15) is 13.2 Å². The Kier molecular flexibility index (Phi) is 7.05. The highest BCUT2D eigenvalue weighted by atomic mass is 32.2. The molecule has 0 saturated heterocycles. The molecule has 6 nitrogen and oxygen atoms in total. The van der Waals surface area contributed by atoms with E-state index < -0.39 is 10.0 Å². The number of fused-ring (bicyclic) bond motifs is 1. The summed E-state index contributed by atoms with van der Waals surface area (Å²) in [5.41, 5.74) is 2.41. The normalized spacial score (nSPS) is 14.2. The highest BCUT2D eigenvalue weighted by molar-refractivity contribution is 7.89. The molecule has 0 spiro atoms. The number of nitrogens with zero attached hydrogens (tertiary/aromatic N) is 2. The SMILES string of the molecule is COCCN(Cc1ccccc1)C(=O)c1cccc(S(=O)(=O)N2CCc3sccc3C2)c1. The average Bonchev–Trinajstić information content (AvgIpc) is 3.30. The fraction of sp³-hybridized carbons (Fsp3) is 0.292. The molecule has 1 aliphatic rings. The molecule has 0 bridgehead atoms. The number of carbonyl (C=O) groups is 1. The largest absolute Gasteiger partial charge is 0.383 e. The molecule has 1 aliphatic heterocycles. The van der Waals surface area contributed by atoms with Crippen molar-refractivity contribution in [2.45, 2.75) is 24.4 Å². The molecular weight excluding hydrogens is 444 g/mol. The van der Waals surface area contributed by atoms with E-state index in [1.807, 2.05) is 41.8 Å². The summed E-state index contributed by atoms with van der Waals surface area (Å²) in [6, 6.07) is 18.1. The first-order chi connectivity index (χ1) is 15.5. The van der Waals surface area contributed by atoms with Crippen molar-refractivity contribution in [3.8, 4) is 0 Å². The van der Waals surface area contributed by atoms with E-state index in [-0.39, 0.29) is 10.8 Å². The van der Waals surface area contributed by atoms with Crippen molar-refractivity contribution in [1.29, 1.82) is 0 Å². The molecule has 1 amide bonds. The van der Waals surface area contributed by atoms with Gasteiger partial charge in [0.15, 0.2) is 0 Å². The van der Waals surface area contributed by atoms with Gasteiger partial charge in [-0.15, -0.1) is 11.3 Å². The lowest BCUT2D eigenvalue weighted by atomic mass is 10.1. The molecule has 2 aromatic carbocycles. The van der Waals surface area contributed by atoms with E-state index in [1.165, 1.54) is 15.2 Å². The van der Waals surface area contributed by atoms with Crippen molar-refractivity contribution >= 4 is 27.3 Å². The van der Waals surface area contributed by atoms with Crippen LogP contribution in [0.2, 0.25) is 0 Å². The monoisotopic (exact) mass is 470 g/mol. The molecule has 8 heteroatoms. The lowest BCUT2D eigenvalue weighted by Crippen LogP contribution is -2.36. The number of carbonyl (C=O) groups excluding carboxylic acids is 1. The molecule has 0 fully saturated rings. The third-order valence-electron chi connectivity index (χ3n) is 5.56. The van der Waals surface area contributed by atoms with Gasteiger partial charge in [-0.3, -0.25) is 4.79 Å². The van der Waals surface area contributed by atoms with Crippen molar-refractivity contribution in [1.82, 2.24) is 9.21 Å². The first-order valence-corrected chi connectivity index (χ1v) is 12.8. The van der Waals surface area contributed by atoms with Crippen LogP contribution in [0.4, 0.5) is 0 Å². The summed E-state index contributed by atoms with van der Waals surface area (Å²) in [5.74, 6) is -0.221. The standard InChI is InChI=1S/C24H26N2O4S2/c1-30-14-13-25(17-19-6-3-2-4-7-19)24(27)20-8-5-9-22(16-20)32(28,29)26-12-10-23-21(18-26)11-15-31-23/h2-9,11,15-16H,10,12-14,17-18H2,1H3. The third kappa shape index (κ3) is 4.94. The van der Waals surface area contributed by atoms with Crippen LogP contribution < -0.4 is 0 Å². The molecular formula is C24H26N2O4S2. The van der Waals surface area contributed by atoms with Crippen LogP contribution in [0.1, 0.15) is 26.4 Å². The van der Waals surface area contributed by atoms with Crippen molar-refractivity contribution in [3.05, 3.63) is 87.6 Å². The van der Waals surface area contributed by atoms with Crippen LogP contribution in [0.15, 0.2) is 70.9 Å². The molecule has 4 rings (SSSR count). The van der Waals surface area contributed by atoms with E-state index in [4.69, 9.17) is 4.74 Å². The zero-order valence-corrected chi connectivity index (χ0v) is 19.6. The minimum Gasteiger partial charge on any atom is -0.383 e. The number of hydrogen-bond donors (Lipinski definition) is 0. The van der Waals surface area contributed by atoms with Crippen molar-refractivity contribution in [2.24, 2.45) is 0 Å². The molecule has 32 heavy (non-hydrogen) atoms. The highest BCUT2D eigenvalue weighted by Crippen LogP contribution is 2.28. The number of ether oxygens (including phenoxy) is 1. The van der Waals surface area contributed by atoms with Crippen molar-refractivity contribution in [2.75, 3.05) is 26.8 Å². The van der Waals surface area contributed by atoms with Gasteiger partial charge in [0, 0.05) is 43.7 Å². The molecule has 0 radical (unpaired) electrons. The van der Waals surface area contributed by atoms with Gasteiger partial charge in [-0.2, -0.15) is 4.31 Å². The first kappa shape index (κ1) is 22.7. The van der Waals surface area contributed by atoms with Crippen LogP contribution in [0.25, 0.3) is 0 Å². The Morgan fingerprint density at radius 3 is 2.72 bits per heavy atom. The van der Waals surface area contributed by atoms with E-state index >= 15 is 0 Å². The predicted molar refractivity (Wildman–Crippen MR) is 125 cm³/mol. The van der Waals surface area contributed by atoms with Crippen molar-refractivity contribution in [3.63, 3.8) is 0 Å². The summed E-state index contributed by atoms with van der Waals surface area (Å²) in [7, 11) is -2.10. The molecule has 2 heterocycles. The summed E-state index contributed by atoms with van der Waals surface area (Å²) >= 11 is 1.67. The number of sulfonamides is 1. The maximum Gasteiger partial charge on any atom is 0.254 e. The fourth-order valence-corrected chi connectivity index (χ4v) is 6.16. The Morgan fingerprint density at radius 1 is 1.12 bits per heavy atom. The van der Waals surface area contributed by atoms with Crippen LogP contribution in [0, 0.1) is 0 Å². The number of thiophene rings is 1. The van der Waals surface area contributed by atoms with Crippen LogP contribution in [0.3, 0.4) is 0 Å². The van der Waals surface area contributed by atoms with Gasteiger partial charge in [0.1, 0.15) is 0 Å². The van der Waals surface area contributed by atoms with Crippen LogP contribution in [0.5, 0.6) is 0 Å². The second-order valence-corrected chi connectivity index (χ2v) is 10.6. The summed E-state index contributed by atoms with van der Waals surface area (Å²) in [4.78, 5) is 16.4. The quantitative estimate of drug-likeness (QED) is 0.503. The number of amides is 1. The first-order valence-electron chi connectivity index (χ1n) is 10.5. The van der Waals surface area contributed by atoms with Gasteiger partial charge < -0.3 is 9.64 Å². The second kappa shape index (κ2) is 9.95. The fourth-order valence-electron chi connectivity index (χ4n) is 3.81. The summed E-state index contributed by atoms with van der Waals surface area (Å²) in [5, 5.41) is 2.00. The molecule has 3 aromatic rings. The summed E-state index contributed by atoms with van der Waals surface area (Å²) in [6.07, 6.45) is 0.715. The van der Waals surface area contributed by atoms with Gasteiger partial charge >= 0.3 is 0 Å². The predicted octanol–water partition coefficient (Wildman–Crippen LogP) is 3.78. The molecule has 1 aromatic heterocycles. The summed E-state index contributed by atoms with van der Waals surface area (Å²) < 4.78 is 33.3. The Bertz CT molecular complexity index is 1180. The van der Waals surface area contributed by atoms with Gasteiger partial charge in [0.25, 0.3) is 5.91 Å². The van der Waals surface area contributed by atoms with Crippen molar-refractivity contribution < 1.29 is 17.9 Å². The van der Waals surface area contributed by atoms with E-state index in [0.29, 0.717) is 44.8 Å². The lowest BCUT2D eigenvalue weighted by molar-refractivity contribution is 0.0680. The zero-order chi connectivity index (χ0) is 22.6. The maximum absolute atomic E-state index is 13.3. The van der Waals surface area contributed by atoms with Crippen LogP contribution >= 0.6 is 11.3 Å². The number of hydrogen-bond acceptors (Lipinski definition) is 5. The molecule has 168 valence electrons. The maximum atomic E-state index is 13.3. The Balaban J connectivity index is 1.57. The minimum atomic E-state index is -3.70. The van der Waals surface area contributed by atoms with E-state index in [0.717, 1.165) is 11.1 Å². The molecule has 0 unspecified atom stereocenters. The van der Waals surface area contributed by atoms with Gasteiger partial charge in [-0.25, -0.2) is 8.42 Å². The van der Waals surface area contributed by atoms with Crippen LogP contribution in [-0.2, 0) is 34.3 Å². The van der Waals surface area contributed by atoms with Gasteiger partial charge in [0.2, 0.25) is 10.0 Å². The highest BCUT2D eigenvalue weighted by Gasteiger charge is 2.29. The minimum absolute atomic E-state index is 0.147. The lowest BCUT2D eigenvalue weighted by Gasteiger charge is -2.27. The second-order valence-electron chi connectivity index (χ2n) is 7.69. The number of methoxy groups -OCH3 is 1. The van der Waals surface area contributed by atoms with E-state index in [1.54, 1.807) is 41.5 Å². The smallest absolute Gasteiger partial charge is 0.254 e. The average molecular weight is 471 g/mol. The number of rotatable bonds is 8.